The summed E-state index contributed by atoms with van der Waals surface area (Å²) in [6.45, 7) is 0. The van der Waals surface area contributed by atoms with Crippen LogP contribution in [0, 0.1) is 0 Å². The van der Waals surface area contributed by atoms with Gasteiger partial charge in [-0.3, -0.25) is 5.84 Å². The molecule has 5 nitrogen and oxygen atoms in total. The molecule has 1 atom stereocenters. The van der Waals surface area contributed by atoms with Crippen molar-refractivity contribution in [1.29, 1.82) is 0 Å². The van der Waals surface area contributed by atoms with Crippen molar-refractivity contribution in [2.45, 2.75) is 12.5 Å². The number of carbonyl (C=O) groups is 1. The predicted octanol–water partition coefficient (Wildman–Crippen LogP) is 1.03. The molecule has 88 valence electrons. The van der Waals surface area contributed by atoms with Crippen LogP contribution in [0.15, 0.2) is 18.2 Å². The minimum Gasteiger partial charge on any atom is -0.479 e. The average Bonchev–Trinajstić information content (AvgIpc) is 2.26. The molecule has 5 N–H and O–H groups in total. The van der Waals surface area contributed by atoms with Gasteiger partial charge >= 0.3 is 5.97 Å². The van der Waals surface area contributed by atoms with Crippen LogP contribution in [0.4, 0.5) is 14.5 Å². The highest BCUT2D eigenvalue weighted by atomic mass is 19.3. The molecule has 1 rings (SSSR count). The van der Waals surface area contributed by atoms with Gasteiger partial charge in [-0.15, -0.1) is 0 Å². The van der Waals surface area contributed by atoms with Gasteiger partial charge in [0.1, 0.15) is 0 Å². The average molecular weight is 232 g/mol. The highest BCUT2D eigenvalue weighted by molar-refractivity contribution is 5.77. The number of anilines is 1. The molecule has 0 radical (unpaired) electrons. The first-order valence-corrected chi connectivity index (χ1v) is 4.27. The maximum Gasteiger partial charge on any atom is 0.337 e. The normalized spacial score (nSPS) is 12.6. The van der Waals surface area contributed by atoms with Gasteiger partial charge in [-0.1, -0.05) is 12.1 Å². The van der Waals surface area contributed by atoms with E-state index >= 15 is 0 Å². The number of nitrogens with one attached hydrogen (secondary N) is 1. The number of benzene rings is 1. The van der Waals surface area contributed by atoms with Gasteiger partial charge in [-0.05, 0) is 6.07 Å². The molecule has 0 spiro atoms. The number of rotatable bonds is 4. The van der Waals surface area contributed by atoms with E-state index in [0.717, 1.165) is 18.2 Å². The number of carboxylic acids is 1. The van der Waals surface area contributed by atoms with E-state index in [1.165, 1.54) is 0 Å². The second kappa shape index (κ2) is 4.86. The number of alkyl halides is 2. The van der Waals surface area contributed by atoms with E-state index < -0.39 is 18.5 Å². The van der Waals surface area contributed by atoms with Crippen molar-refractivity contribution in [2.24, 2.45) is 5.84 Å². The van der Waals surface area contributed by atoms with Gasteiger partial charge in [-0.2, -0.15) is 0 Å². The third-order valence-corrected chi connectivity index (χ3v) is 2.01. The summed E-state index contributed by atoms with van der Waals surface area (Å²) in [5.74, 6) is 3.57. The fourth-order valence-electron chi connectivity index (χ4n) is 1.21. The smallest absolute Gasteiger partial charge is 0.337 e. The Hall–Kier alpha value is -1.73. The van der Waals surface area contributed by atoms with Crippen molar-refractivity contribution in [3.05, 3.63) is 29.3 Å². The van der Waals surface area contributed by atoms with Crippen LogP contribution in [0.3, 0.4) is 0 Å². The fourth-order valence-corrected chi connectivity index (χ4v) is 1.21. The van der Waals surface area contributed by atoms with Crippen LogP contribution in [0.5, 0.6) is 0 Å². The molecular weight excluding hydrogens is 222 g/mol. The quantitative estimate of drug-likeness (QED) is 0.459. The summed E-state index contributed by atoms with van der Waals surface area (Å²) >= 11 is 0. The molecule has 0 amide bonds. The summed E-state index contributed by atoms with van der Waals surface area (Å²) in [6, 6.07) is 3.12. The standard InChI is InChI=1S/C9H10F2N2O3/c10-8(11)4-1-2-5(6(3-4)13-12)7(14)9(15)16/h1-3,7-8,13-14H,12H2,(H,15,16). The Labute approximate surface area is 89.5 Å². The van der Waals surface area contributed by atoms with Crippen LogP contribution < -0.4 is 11.3 Å². The lowest BCUT2D eigenvalue weighted by Crippen LogP contribution is -2.16. The molecule has 0 saturated heterocycles. The highest BCUT2D eigenvalue weighted by Gasteiger charge is 2.20. The zero-order valence-corrected chi connectivity index (χ0v) is 8.02. The Balaban J connectivity index is 3.16. The number of nitrogen functional groups attached to an aromatic ring is 1. The molecule has 0 aliphatic carbocycles. The molecule has 1 unspecified atom stereocenters. The summed E-state index contributed by atoms with van der Waals surface area (Å²) < 4.78 is 24.7. The lowest BCUT2D eigenvalue weighted by molar-refractivity contribution is -0.146. The van der Waals surface area contributed by atoms with Crippen LogP contribution in [-0.4, -0.2) is 16.2 Å². The van der Waals surface area contributed by atoms with Crippen LogP contribution in [0.2, 0.25) is 0 Å². The number of halogens is 2. The molecule has 0 heterocycles. The molecule has 0 aliphatic rings. The maximum absolute atomic E-state index is 12.3. The van der Waals surface area contributed by atoms with Crippen molar-refractivity contribution in [3.8, 4) is 0 Å². The largest absolute Gasteiger partial charge is 0.479 e. The first-order chi connectivity index (χ1) is 7.47. The summed E-state index contributed by atoms with van der Waals surface area (Å²) in [5, 5.41) is 17.8. The number of carboxylic acid groups (broad SMARTS) is 1. The molecular formula is C9H10F2N2O3. The van der Waals surface area contributed by atoms with Crippen LogP contribution in [-0.2, 0) is 4.79 Å². The van der Waals surface area contributed by atoms with Crippen molar-refractivity contribution >= 4 is 11.7 Å². The summed E-state index contributed by atoms with van der Waals surface area (Å²) in [4.78, 5) is 10.5. The second-order valence-electron chi connectivity index (χ2n) is 3.03. The van der Waals surface area contributed by atoms with Gasteiger partial charge < -0.3 is 15.6 Å². The third-order valence-electron chi connectivity index (χ3n) is 2.01. The Morgan fingerprint density at radius 1 is 1.44 bits per heavy atom. The molecule has 1 aromatic carbocycles. The molecule has 0 fully saturated rings. The van der Waals surface area contributed by atoms with Gasteiger partial charge in [0, 0.05) is 11.1 Å². The Kier molecular flexibility index (Phi) is 3.75. The molecule has 0 aromatic heterocycles. The van der Waals surface area contributed by atoms with Gasteiger partial charge in [0.2, 0.25) is 0 Å². The number of hydrazine groups is 1. The number of hydrogen-bond acceptors (Lipinski definition) is 4. The van der Waals surface area contributed by atoms with E-state index in [1.54, 1.807) is 0 Å². The predicted molar refractivity (Wildman–Crippen MR) is 51.8 cm³/mol. The van der Waals surface area contributed by atoms with Gasteiger partial charge in [0.05, 0.1) is 5.69 Å². The minimum atomic E-state index is -2.69. The van der Waals surface area contributed by atoms with Gasteiger partial charge in [0.25, 0.3) is 6.43 Å². The zero-order valence-electron chi connectivity index (χ0n) is 8.02. The highest BCUT2D eigenvalue weighted by Crippen LogP contribution is 2.28. The Bertz CT molecular complexity index is 398. The Morgan fingerprint density at radius 2 is 2.06 bits per heavy atom. The fraction of sp³-hybridized carbons (Fsp3) is 0.222. The van der Waals surface area contributed by atoms with E-state index in [2.05, 4.69) is 5.43 Å². The number of aliphatic hydroxyl groups is 1. The van der Waals surface area contributed by atoms with E-state index in [4.69, 9.17) is 10.9 Å². The molecule has 0 saturated carbocycles. The number of aliphatic carboxylic acids is 1. The summed E-state index contributed by atoms with van der Waals surface area (Å²) in [6.07, 6.45) is -4.50. The lowest BCUT2D eigenvalue weighted by atomic mass is 10.0. The van der Waals surface area contributed by atoms with Gasteiger partial charge in [0.15, 0.2) is 6.10 Å². The maximum atomic E-state index is 12.3. The van der Waals surface area contributed by atoms with Crippen molar-refractivity contribution < 1.29 is 23.8 Å². The summed E-state index contributed by atoms with van der Waals surface area (Å²) in [7, 11) is 0. The summed E-state index contributed by atoms with van der Waals surface area (Å²) in [5.41, 5.74) is 1.64. The molecule has 7 heteroatoms. The SMILES string of the molecule is NNc1cc(C(F)F)ccc1C(O)C(=O)O. The third kappa shape index (κ3) is 2.44. The van der Waals surface area contributed by atoms with E-state index in [-0.39, 0.29) is 16.8 Å². The molecule has 16 heavy (non-hydrogen) atoms. The topological polar surface area (TPSA) is 95.6 Å². The first-order valence-electron chi connectivity index (χ1n) is 4.27. The van der Waals surface area contributed by atoms with Gasteiger partial charge in [-0.25, -0.2) is 13.6 Å². The Morgan fingerprint density at radius 3 is 2.50 bits per heavy atom. The molecule has 1 aromatic rings. The second-order valence-corrected chi connectivity index (χ2v) is 3.03. The van der Waals surface area contributed by atoms with Crippen LogP contribution in [0.25, 0.3) is 0 Å². The minimum absolute atomic E-state index is 0.0484. The monoisotopic (exact) mass is 232 g/mol. The first kappa shape index (κ1) is 12.3. The van der Waals surface area contributed by atoms with Crippen molar-refractivity contribution in [2.75, 3.05) is 5.43 Å². The molecule has 0 bridgehead atoms. The lowest BCUT2D eigenvalue weighted by Gasteiger charge is -2.13. The van der Waals surface area contributed by atoms with E-state index in [0.29, 0.717) is 0 Å². The van der Waals surface area contributed by atoms with Crippen LogP contribution in [0.1, 0.15) is 23.7 Å². The van der Waals surface area contributed by atoms with Crippen molar-refractivity contribution in [3.63, 3.8) is 0 Å². The number of hydrogen-bond donors (Lipinski definition) is 4. The number of aliphatic hydroxyl groups excluding tert-OH is 1. The van der Waals surface area contributed by atoms with Crippen molar-refractivity contribution in [1.82, 2.24) is 0 Å². The zero-order chi connectivity index (χ0) is 12.3. The number of nitrogens with two attached hydrogens (primary N) is 1. The van der Waals surface area contributed by atoms with E-state index in [9.17, 15) is 18.7 Å². The molecule has 0 aliphatic heterocycles. The van der Waals surface area contributed by atoms with Crippen LogP contribution >= 0.6 is 0 Å². The van der Waals surface area contributed by atoms with E-state index in [1.807, 2.05) is 0 Å².